The third-order valence-electron chi connectivity index (χ3n) is 3.44. The fourth-order valence-electron chi connectivity index (χ4n) is 2.41. The predicted octanol–water partition coefficient (Wildman–Crippen LogP) is 4.01. The average molecular weight is 285 g/mol. The summed E-state index contributed by atoms with van der Waals surface area (Å²) in [5.74, 6) is -0.877. The van der Waals surface area contributed by atoms with E-state index in [1.807, 2.05) is 29.7 Å². The topological polar surface area (TPSA) is 42.2 Å². The van der Waals surface area contributed by atoms with E-state index in [1.165, 1.54) is 9.75 Å². The quantitative estimate of drug-likeness (QED) is 0.787. The zero-order valence-corrected chi connectivity index (χ0v) is 12.0. The van der Waals surface area contributed by atoms with Gasteiger partial charge < -0.3 is 9.67 Å². The summed E-state index contributed by atoms with van der Waals surface area (Å²) in [6.45, 7) is 2.94. The predicted molar refractivity (Wildman–Crippen MR) is 81.7 cm³/mol. The van der Waals surface area contributed by atoms with E-state index in [0.717, 1.165) is 23.9 Å². The number of carboxylic acid groups (broad SMARTS) is 1. The SMILES string of the molecule is CCc1ccc(Cn2ccc3c(C(=O)O)cccc32)s1. The molecule has 0 saturated heterocycles. The molecular formula is C16H15NO2S. The summed E-state index contributed by atoms with van der Waals surface area (Å²) in [6.07, 6.45) is 3.02. The largest absolute Gasteiger partial charge is 0.478 e. The molecule has 0 unspecified atom stereocenters. The van der Waals surface area contributed by atoms with E-state index in [4.69, 9.17) is 0 Å². The lowest BCUT2D eigenvalue weighted by Crippen LogP contribution is -1.98. The number of fused-ring (bicyclic) bond motifs is 1. The third-order valence-corrected chi connectivity index (χ3v) is 4.65. The normalized spacial score (nSPS) is 11.1. The number of rotatable bonds is 4. The molecule has 2 heterocycles. The van der Waals surface area contributed by atoms with E-state index in [0.29, 0.717) is 5.56 Å². The molecule has 0 bridgehead atoms. The van der Waals surface area contributed by atoms with Gasteiger partial charge in [0.2, 0.25) is 0 Å². The van der Waals surface area contributed by atoms with Crippen LogP contribution in [0.5, 0.6) is 0 Å². The Morgan fingerprint density at radius 2 is 2.00 bits per heavy atom. The van der Waals surface area contributed by atoms with Crippen molar-refractivity contribution in [2.24, 2.45) is 0 Å². The van der Waals surface area contributed by atoms with Crippen molar-refractivity contribution in [3.05, 3.63) is 57.9 Å². The molecule has 0 saturated carbocycles. The number of aryl methyl sites for hydroxylation is 1. The molecule has 0 fully saturated rings. The van der Waals surface area contributed by atoms with Gasteiger partial charge in [0.25, 0.3) is 0 Å². The molecule has 0 amide bonds. The van der Waals surface area contributed by atoms with E-state index >= 15 is 0 Å². The number of hydrogen-bond acceptors (Lipinski definition) is 2. The minimum absolute atomic E-state index is 0.363. The Balaban J connectivity index is 2.00. The number of nitrogens with zero attached hydrogens (tertiary/aromatic N) is 1. The van der Waals surface area contributed by atoms with Crippen LogP contribution >= 0.6 is 11.3 Å². The lowest BCUT2D eigenvalue weighted by atomic mass is 10.1. The van der Waals surface area contributed by atoms with Gasteiger partial charge in [-0.1, -0.05) is 13.0 Å². The van der Waals surface area contributed by atoms with Gasteiger partial charge in [-0.2, -0.15) is 0 Å². The molecule has 3 aromatic rings. The Hall–Kier alpha value is -2.07. The monoisotopic (exact) mass is 285 g/mol. The van der Waals surface area contributed by atoms with Crippen LogP contribution in [0.2, 0.25) is 0 Å². The van der Waals surface area contributed by atoms with Crippen LogP contribution in [-0.4, -0.2) is 15.6 Å². The highest BCUT2D eigenvalue weighted by Gasteiger charge is 2.11. The van der Waals surface area contributed by atoms with E-state index < -0.39 is 5.97 Å². The maximum Gasteiger partial charge on any atom is 0.336 e. The first-order chi connectivity index (χ1) is 9.69. The van der Waals surface area contributed by atoms with Crippen LogP contribution in [0.25, 0.3) is 10.9 Å². The van der Waals surface area contributed by atoms with E-state index in [-0.39, 0.29) is 0 Å². The highest BCUT2D eigenvalue weighted by molar-refractivity contribution is 7.11. The van der Waals surface area contributed by atoms with Crippen LogP contribution < -0.4 is 0 Å². The fourth-order valence-corrected chi connectivity index (χ4v) is 3.37. The third kappa shape index (κ3) is 2.23. The minimum Gasteiger partial charge on any atom is -0.478 e. The molecule has 20 heavy (non-hydrogen) atoms. The zero-order valence-electron chi connectivity index (χ0n) is 11.2. The standard InChI is InChI=1S/C16H15NO2S/c1-2-11-6-7-12(20-11)10-17-9-8-13-14(16(18)19)4-3-5-15(13)17/h3-9H,2,10H2,1H3,(H,18,19). The second kappa shape index (κ2) is 5.13. The molecule has 3 nitrogen and oxygen atoms in total. The maximum absolute atomic E-state index is 11.2. The van der Waals surface area contributed by atoms with Crippen LogP contribution in [0.15, 0.2) is 42.6 Å². The van der Waals surface area contributed by atoms with Crippen molar-refractivity contribution in [2.45, 2.75) is 19.9 Å². The molecule has 2 aromatic heterocycles. The van der Waals surface area contributed by atoms with Crippen molar-refractivity contribution in [1.29, 1.82) is 0 Å². The molecule has 102 valence electrons. The average Bonchev–Trinajstić information content (AvgIpc) is 3.06. The minimum atomic E-state index is -0.877. The van der Waals surface area contributed by atoms with Crippen LogP contribution in [0.4, 0.5) is 0 Å². The van der Waals surface area contributed by atoms with Crippen molar-refractivity contribution in [1.82, 2.24) is 4.57 Å². The molecule has 0 spiro atoms. The summed E-state index contributed by atoms with van der Waals surface area (Å²) in [4.78, 5) is 13.9. The van der Waals surface area contributed by atoms with Crippen molar-refractivity contribution >= 4 is 28.2 Å². The number of aromatic nitrogens is 1. The van der Waals surface area contributed by atoms with Gasteiger partial charge >= 0.3 is 5.97 Å². The molecule has 1 aromatic carbocycles. The summed E-state index contributed by atoms with van der Waals surface area (Å²) in [7, 11) is 0. The number of hydrogen-bond donors (Lipinski definition) is 1. The first kappa shape index (κ1) is 12.9. The van der Waals surface area contributed by atoms with Gasteiger partial charge in [-0.05, 0) is 36.8 Å². The van der Waals surface area contributed by atoms with E-state index in [2.05, 4.69) is 23.6 Å². The Labute approximate surface area is 121 Å². The second-order valence-electron chi connectivity index (χ2n) is 4.71. The zero-order chi connectivity index (χ0) is 14.1. The Morgan fingerprint density at radius 1 is 1.20 bits per heavy atom. The van der Waals surface area contributed by atoms with Gasteiger partial charge in [-0.15, -0.1) is 11.3 Å². The highest BCUT2D eigenvalue weighted by Crippen LogP contribution is 2.24. The molecule has 0 aliphatic rings. The molecule has 3 rings (SSSR count). The van der Waals surface area contributed by atoms with Crippen molar-refractivity contribution in [3.8, 4) is 0 Å². The Morgan fingerprint density at radius 3 is 2.70 bits per heavy atom. The summed E-state index contributed by atoms with van der Waals surface area (Å²) in [5.41, 5.74) is 1.33. The number of benzene rings is 1. The van der Waals surface area contributed by atoms with Gasteiger partial charge in [0.1, 0.15) is 0 Å². The summed E-state index contributed by atoms with van der Waals surface area (Å²) in [5, 5.41) is 10.0. The van der Waals surface area contributed by atoms with Crippen molar-refractivity contribution in [3.63, 3.8) is 0 Å². The van der Waals surface area contributed by atoms with E-state index in [9.17, 15) is 9.90 Å². The number of carboxylic acids is 1. The number of aromatic carboxylic acids is 1. The molecule has 0 radical (unpaired) electrons. The lowest BCUT2D eigenvalue weighted by Gasteiger charge is -2.04. The second-order valence-corrected chi connectivity index (χ2v) is 5.96. The lowest BCUT2D eigenvalue weighted by molar-refractivity contribution is 0.0699. The van der Waals surface area contributed by atoms with Crippen LogP contribution in [0.3, 0.4) is 0 Å². The molecular weight excluding hydrogens is 270 g/mol. The van der Waals surface area contributed by atoms with Gasteiger partial charge in [0.15, 0.2) is 0 Å². The summed E-state index contributed by atoms with van der Waals surface area (Å²) >= 11 is 1.81. The highest BCUT2D eigenvalue weighted by atomic mass is 32.1. The van der Waals surface area contributed by atoms with E-state index in [1.54, 1.807) is 12.1 Å². The summed E-state index contributed by atoms with van der Waals surface area (Å²) in [6, 6.07) is 11.6. The van der Waals surface area contributed by atoms with Crippen LogP contribution in [0, 0.1) is 0 Å². The molecule has 0 aliphatic carbocycles. The summed E-state index contributed by atoms with van der Waals surface area (Å²) < 4.78 is 2.10. The first-order valence-electron chi connectivity index (χ1n) is 6.57. The number of carbonyl (C=O) groups is 1. The molecule has 1 N–H and O–H groups in total. The fraction of sp³-hybridized carbons (Fsp3) is 0.188. The Bertz CT molecular complexity index is 770. The van der Waals surface area contributed by atoms with Gasteiger partial charge in [0.05, 0.1) is 12.1 Å². The smallest absolute Gasteiger partial charge is 0.336 e. The van der Waals surface area contributed by atoms with Gasteiger partial charge in [-0.3, -0.25) is 0 Å². The maximum atomic E-state index is 11.2. The molecule has 0 aliphatic heterocycles. The molecule has 4 heteroatoms. The van der Waals surface area contributed by atoms with Crippen LogP contribution in [0.1, 0.15) is 27.0 Å². The number of thiophene rings is 1. The van der Waals surface area contributed by atoms with Gasteiger partial charge in [0, 0.05) is 26.9 Å². The Kier molecular flexibility index (Phi) is 3.32. The van der Waals surface area contributed by atoms with Crippen molar-refractivity contribution < 1.29 is 9.90 Å². The van der Waals surface area contributed by atoms with Gasteiger partial charge in [-0.25, -0.2) is 4.79 Å². The first-order valence-corrected chi connectivity index (χ1v) is 7.39. The molecule has 0 atom stereocenters. The van der Waals surface area contributed by atoms with Crippen molar-refractivity contribution in [2.75, 3.05) is 0 Å². The van der Waals surface area contributed by atoms with Crippen LogP contribution in [-0.2, 0) is 13.0 Å².